The molecule has 5 nitrogen and oxygen atoms in total. The van der Waals surface area contributed by atoms with Crippen molar-refractivity contribution in [2.45, 2.75) is 25.2 Å². The van der Waals surface area contributed by atoms with Crippen molar-refractivity contribution in [3.05, 3.63) is 64.2 Å². The summed E-state index contributed by atoms with van der Waals surface area (Å²) in [5.74, 6) is 0.705. The summed E-state index contributed by atoms with van der Waals surface area (Å²) in [6.45, 7) is 3.00. The highest BCUT2D eigenvalue weighted by Gasteiger charge is 2.45. The number of nitrogens with zero attached hydrogens (tertiary/aromatic N) is 1. The minimum absolute atomic E-state index is 0.0136. The smallest absolute Gasteiger partial charge is 0.234 e. The van der Waals surface area contributed by atoms with E-state index < -0.39 is 0 Å². The highest BCUT2D eigenvalue weighted by atomic mass is 35.5. The lowest BCUT2D eigenvalue weighted by Gasteiger charge is -2.24. The summed E-state index contributed by atoms with van der Waals surface area (Å²) in [5, 5.41) is 3.59. The molecule has 2 aliphatic heterocycles. The zero-order valence-corrected chi connectivity index (χ0v) is 16.1. The van der Waals surface area contributed by atoms with Crippen LogP contribution in [0.25, 0.3) is 0 Å². The van der Waals surface area contributed by atoms with Crippen molar-refractivity contribution in [3.8, 4) is 5.75 Å². The standard InChI is InChI=1S/C21H23ClN2O3/c1-26-19-7-6-17(22)10-16(19)11-23-20(25)12-24-9-8-21(14-24)18-5-3-2-4-15(18)13-27-21/h2-7,10H,8-9,11-14H2,1H3,(H,23,25). The van der Waals surface area contributed by atoms with E-state index in [-0.39, 0.29) is 11.5 Å². The quantitative estimate of drug-likeness (QED) is 0.857. The van der Waals surface area contributed by atoms with Gasteiger partial charge in [-0.2, -0.15) is 0 Å². The number of methoxy groups -OCH3 is 1. The lowest BCUT2D eigenvalue weighted by Crippen LogP contribution is -2.38. The van der Waals surface area contributed by atoms with Crippen LogP contribution in [0.4, 0.5) is 0 Å². The first-order valence-electron chi connectivity index (χ1n) is 9.13. The molecular formula is C21H23ClN2O3. The van der Waals surface area contributed by atoms with Crippen LogP contribution in [0.15, 0.2) is 42.5 Å². The molecule has 1 spiro atoms. The summed E-state index contributed by atoms with van der Waals surface area (Å²) < 4.78 is 11.5. The second-order valence-electron chi connectivity index (χ2n) is 7.13. The first kappa shape index (κ1) is 18.3. The Balaban J connectivity index is 1.35. The van der Waals surface area contributed by atoms with Crippen molar-refractivity contribution in [1.82, 2.24) is 10.2 Å². The summed E-state index contributed by atoms with van der Waals surface area (Å²) >= 11 is 6.05. The SMILES string of the molecule is COc1ccc(Cl)cc1CNC(=O)CN1CCC2(C1)OCc1ccccc12. The molecule has 0 aromatic heterocycles. The molecule has 4 rings (SSSR count). The number of carbonyl (C=O) groups excluding carboxylic acids is 1. The second-order valence-corrected chi connectivity index (χ2v) is 7.57. The summed E-state index contributed by atoms with van der Waals surface area (Å²) in [7, 11) is 1.61. The predicted molar refractivity (Wildman–Crippen MR) is 104 cm³/mol. The van der Waals surface area contributed by atoms with Gasteiger partial charge in [-0.15, -0.1) is 0 Å². The Bertz CT molecular complexity index is 857. The van der Waals surface area contributed by atoms with Gasteiger partial charge >= 0.3 is 0 Å². The molecule has 0 bridgehead atoms. The molecule has 0 aliphatic carbocycles. The van der Waals surface area contributed by atoms with E-state index in [2.05, 4.69) is 28.4 Å². The van der Waals surface area contributed by atoms with E-state index in [4.69, 9.17) is 21.1 Å². The third kappa shape index (κ3) is 3.68. The van der Waals surface area contributed by atoms with Gasteiger partial charge in [-0.3, -0.25) is 9.69 Å². The number of nitrogens with one attached hydrogen (secondary N) is 1. The van der Waals surface area contributed by atoms with E-state index in [9.17, 15) is 4.79 Å². The van der Waals surface area contributed by atoms with E-state index in [0.717, 1.165) is 30.8 Å². The fourth-order valence-corrected chi connectivity index (χ4v) is 4.25. The van der Waals surface area contributed by atoms with Gasteiger partial charge in [0.15, 0.2) is 0 Å². The van der Waals surface area contributed by atoms with Gasteiger partial charge < -0.3 is 14.8 Å². The largest absolute Gasteiger partial charge is 0.496 e. The minimum Gasteiger partial charge on any atom is -0.496 e. The zero-order valence-electron chi connectivity index (χ0n) is 15.3. The molecular weight excluding hydrogens is 364 g/mol. The molecule has 1 atom stereocenters. The molecule has 1 N–H and O–H groups in total. The molecule has 1 amide bonds. The van der Waals surface area contributed by atoms with E-state index in [1.807, 2.05) is 18.2 Å². The number of amides is 1. The molecule has 2 heterocycles. The van der Waals surface area contributed by atoms with E-state index in [1.54, 1.807) is 13.2 Å². The maximum atomic E-state index is 12.4. The van der Waals surface area contributed by atoms with Gasteiger partial charge in [0.25, 0.3) is 0 Å². The van der Waals surface area contributed by atoms with Gasteiger partial charge in [-0.1, -0.05) is 35.9 Å². The predicted octanol–water partition coefficient (Wildman–Crippen LogP) is 3.10. The number of ether oxygens (including phenoxy) is 2. The maximum Gasteiger partial charge on any atom is 0.234 e. The number of benzene rings is 2. The molecule has 1 unspecified atom stereocenters. The average Bonchev–Trinajstić information content (AvgIpc) is 3.25. The molecule has 2 aromatic rings. The van der Waals surface area contributed by atoms with Gasteiger partial charge in [0.1, 0.15) is 11.4 Å². The number of hydrogen-bond donors (Lipinski definition) is 1. The van der Waals surface area contributed by atoms with Crippen LogP contribution in [0.5, 0.6) is 5.75 Å². The molecule has 2 aromatic carbocycles. The second kappa shape index (κ2) is 7.50. The molecule has 142 valence electrons. The topological polar surface area (TPSA) is 50.8 Å². The van der Waals surface area contributed by atoms with Crippen LogP contribution in [-0.4, -0.2) is 37.6 Å². The van der Waals surface area contributed by atoms with Crippen LogP contribution >= 0.6 is 11.6 Å². The monoisotopic (exact) mass is 386 g/mol. The van der Waals surface area contributed by atoms with Crippen LogP contribution in [0, 0.1) is 0 Å². The van der Waals surface area contributed by atoms with Crippen LogP contribution < -0.4 is 10.1 Å². The normalized spacial score (nSPS) is 21.4. The van der Waals surface area contributed by atoms with Crippen molar-refractivity contribution in [2.24, 2.45) is 0 Å². The van der Waals surface area contributed by atoms with Crippen molar-refractivity contribution in [1.29, 1.82) is 0 Å². The van der Waals surface area contributed by atoms with E-state index >= 15 is 0 Å². The van der Waals surface area contributed by atoms with Crippen molar-refractivity contribution >= 4 is 17.5 Å². The molecule has 0 radical (unpaired) electrons. The van der Waals surface area contributed by atoms with Crippen molar-refractivity contribution in [2.75, 3.05) is 26.7 Å². The number of carbonyl (C=O) groups is 1. The van der Waals surface area contributed by atoms with Crippen molar-refractivity contribution < 1.29 is 14.3 Å². The van der Waals surface area contributed by atoms with E-state index in [1.165, 1.54) is 11.1 Å². The third-order valence-electron chi connectivity index (χ3n) is 5.41. The number of likely N-dealkylation sites (tertiary alicyclic amines) is 1. The van der Waals surface area contributed by atoms with Crippen LogP contribution in [0.3, 0.4) is 0 Å². The average molecular weight is 387 g/mol. The van der Waals surface area contributed by atoms with Gasteiger partial charge in [0, 0.05) is 30.2 Å². The summed E-state index contributed by atoms with van der Waals surface area (Å²) in [6, 6.07) is 13.8. The summed E-state index contributed by atoms with van der Waals surface area (Å²) in [4.78, 5) is 14.6. The first-order valence-corrected chi connectivity index (χ1v) is 9.51. The fourth-order valence-electron chi connectivity index (χ4n) is 4.05. The van der Waals surface area contributed by atoms with Crippen LogP contribution in [-0.2, 0) is 28.3 Å². The molecule has 1 fully saturated rings. The summed E-state index contributed by atoms with van der Waals surface area (Å²) in [5.41, 5.74) is 3.14. The Kier molecular flexibility index (Phi) is 5.08. The minimum atomic E-state index is -0.257. The number of fused-ring (bicyclic) bond motifs is 2. The van der Waals surface area contributed by atoms with Gasteiger partial charge in [-0.25, -0.2) is 0 Å². The Morgan fingerprint density at radius 1 is 1.33 bits per heavy atom. The van der Waals surface area contributed by atoms with Gasteiger partial charge in [0.05, 0.1) is 20.3 Å². The maximum absolute atomic E-state index is 12.4. The lowest BCUT2D eigenvalue weighted by molar-refractivity contribution is -0.122. The first-order chi connectivity index (χ1) is 13.1. The molecule has 0 saturated carbocycles. The van der Waals surface area contributed by atoms with Gasteiger partial charge in [-0.05, 0) is 35.7 Å². The zero-order chi connectivity index (χ0) is 18.9. The molecule has 27 heavy (non-hydrogen) atoms. The number of rotatable bonds is 5. The molecule has 2 aliphatic rings. The fraction of sp³-hybridized carbons (Fsp3) is 0.381. The van der Waals surface area contributed by atoms with Crippen LogP contribution in [0.2, 0.25) is 5.02 Å². The Morgan fingerprint density at radius 3 is 3.04 bits per heavy atom. The van der Waals surface area contributed by atoms with E-state index in [0.29, 0.717) is 24.7 Å². The third-order valence-corrected chi connectivity index (χ3v) is 5.64. The Labute approximate surface area is 164 Å². The summed E-state index contributed by atoms with van der Waals surface area (Å²) in [6.07, 6.45) is 0.916. The lowest BCUT2D eigenvalue weighted by atomic mass is 9.92. The molecule has 1 saturated heterocycles. The van der Waals surface area contributed by atoms with Gasteiger partial charge in [0.2, 0.25) is 5.91 Å². The Hall–Kier alpha value is -2.08. The number of hydrogen-bond acceptors (Lipinski definition) is 4. The highest BCUT2D eigenvalue weighted by Crippen LogP contribution is 2.43. The van der Waals surface area contributed by atoms with Crippen LogP contribution in [0.1, 0.15) is 23.1 Å². The highest BCUT2D eigenvalue weighted by molar-refractivity contribution is 6.30. The Morgan fingerprint density at radius 2 is 2.19 bits per heavy atom. The van der Waals surface area contributed by atoms with Crippen molar-refractivity contribution in [3.63, 3.8) is 0 Å². The number of halogens is 1. The molecule has 6 heteroatoms.